The number of carbonyl (C=O) groups is 2. The fraction of sp³-hybridized carbons (Fsp3) is 0.970. The molecule has 0 aliphatic heterocycles. The molecular weight excluding hydrogens is 887 g/mol. The minimum absolute atomic E-state index is 0.0205. The molecule has 0 aromatic carbocycles. The van der Waals surface area contributed by atoms with Crippen LogP contribution in [0.3, 0.4) is 0 Å². The Morgan fingerprint density at radius 1 is 0.333 bits per heavy atom. The number of rotatable bonds is 63. The van der Waals surface area contributed by atoms with E-state index in [1.807, 2.05) is 0 Å². The Hall–Kier alpha value is -1.14. The van der Waals surface area contributed by atoms with Crippen LogP contribution in [0.25, 0.3) is 0 Å². The van der Waals surface area contributed by atoms with E-state index in [-0.39, 0.29) is 18.5 Å². The van der Waals surface area contributed by atoms with Crippen molar-refractivity contribution in [3.05, 3.63) is 0 Å². The molecule has 0 fully saturated rings. The number of hydrogen-bond acceptors (Lipinski definition) is 5. The van der Waals surface area contributed by atoms with E-state index in [1.54, 1.807) is 0 Å². The lowest BCUT2D eigenvalue weighted by Gasteiger charge is -2.22. The number of esters is 1. The van der Waals surface area contributed by atoms with Gasteiger partial charge in [0.05, 0.1) is 25.4 Å². The fourth-order valence-corrected chi connectivity index (χ4v) is 10.8. The van der Waals surface area contributed by atoms with Crippen LogP contribution in [0.5, 0.6) is 0 Å². The van der Waals surface area contributed by atoms with Crippen molar-refractivity contribution in [3.63, 3.8) is 0 Å². The lowest BCUT2D eigenvalue weighted by Crippen LogP contribution is -2.45. The number of aliphatic hydroxyl groups is 2. The van der Waals surface area contributed by atoms with E-state index in [9.17, 15) is 19.8 Å². The summed E-state index contributed by atoms with van der Waals surface area (Å²) in [6.45, 7) is 4.99. The van der Waals surface area contributed by atoms with Gasteiger partial charge >= 0.3 is 5.97 Å². The first-order valence-corrected chi connectivity index (χ1v) is 33.3. The number of aliphatic hydroxyl groups excluding tert-OH is 2. The molecule has 430 valence electrons. The van der Waals surface area contributed by atoms with Gasteiger partial charge in [-0.15, -0.1) is 0 Å². The number of amides is 1. The summed E-state index contributed by atoms with van der Waals surface area (Å²) in [6.07, 6.45) is 74.2. The average molecular weight is 1020 g/mol. The topological polar surface area (TPSA) is 95.9 Å². The highest BCUT2D eigenvalue weighted by Crippen LogP contribution is 2.19. The summed E-state index contributed by atoms with van der Waals surface area (Å²) in [6, 6.07) is -0.538. The zero-order valence-electron chi connectivity index (χ0n) is 49.2. The van der Waals surface area contributed by atoms with Gasteiger partial charge in [0, 0.05) is 12.8 Å². The van der Waals surface area contributed by atoms with E-state index < -0.39 is 12.1 Å². The second-order valence-electron chi connectivity index (χ2n) is 23.2. The Bertz CT molecular complexity index is 1040. The summed E-state index contributed by atoms with van der Waals surface area (Å²) >= 11 is 0. The molecule has 1 amide bonds. The molecule has 0 aromatic heterocycles. The van der Waals surface area contributed by atoms with Gasteiger partial charge in [0.1, 0.15) is 0 Å². The van der Waals surface area contributed by atoms with E-state index in [2.05, 4.69) is 19.2 Å². The minimum Gasteiger partial charge on any atom is -0.466 e. The van der Waals surface area contributed by atoms with Gasteiger partial charge in [-0.1, -0.05) is 348 Å². The van der Waals surface area contributed by atoms with Crippen LogP contribution in [0.2, 0.25) is 0 Å². The third kappa shape index (κ3) is 58.1. The quantitative estimate of drug-likeness (QED) is 0.0417. The summed E-state index contributed by atoms with van der Waals surface area (Å²) < 4.78 is 5.50. The maximum Gasteiger partial charge on any atom is 0.305 e. The van der Waals surface area contributed by atoms with Crippen LogP contribution in [0, 0.1) is 0 Å². The first-order chi connectivity index (χ1) is 35.5. The zero-order valence-corrected chi connectivity index (χ0v) is 49.2. The van der Waals surface area contributed by atoms with Gasteiger partial charge in [0.2, 0.25) is 5.91 Å². The van der Waals surface area contributed by atoms with Crippen molar-refractivity contribution in [2.45, 2.75) is 398 Å². The Balaban J connectivity index is 3.33. The summed E-state index contributed by atoms with van der Waals surface area (Å²) in [5.41, 5.74) is 0. The molecule has 0 saturated carbocycles. The molecule has 0 aromatic rings. The molecule has 72 heavy (non-hydrogen) atoms. The van der Waals surface area contributed by atoms with Crippen molar-refractivity contribution in [2.75, 3.05) is 13.2 Å². The smallest absolute Gasteiger partial charge is 0.305 e. The molecule has 0 radical (unpaired) electrons. The molecule has 0 bridgehead atoms. The van der Waals surface area contributed by atoms with Crippen LogP contribution < -0.4 is 5.32 Å². The maximum atomic E-state index is 12.5. The van der Waals surface area contributed by atoms with Crippen LogP contribution >= 0.6 is 0 Å². The molecule has 6 heteroatoms. The lowest BCUT2D eigenvalue weighted by atomic mass is 10.0. The van der Waals surface area contributed by atoms with Crippen LogP contribution in [-0.4, -0.2) is 47.4 Å². The fourth-order valence-electron chi connectivity index (χ4n) is 10.8. The minimum atomic E-state index is -0.661. The summed E-state index contributed by atoms with van der Waals surface area (Å²) in [4.78, 5) is 24.6. The standard InChI is InChI=1S/C66H131NO5/c1-3-5-7-9-11-13-15-17-30-34-38-42-46-50-54-58-64(69)63(62-68)67-65(70)59-55-51-47-43-39-35-32-28-26-24-22-20-19-21-23-25-27-29-33-37-41-45-49-53-57-61-72-66(71)60-56-52-48-44-40-36-31-18-16-14-12-10-8-6-4-2/h63-64,68-69H,3-62H2,1-2H3,(H,67,70). The van der Waals surface area contributed by atoms with Gasteiger partial charge in [0.15, 0.2) is 0 Å². The van der Waals surface area contributed by atoms with Gasteiger partial charge in [-0.3, -0.25) is 9.59 Å². The molecule has 0 aliphatic carbocycles. The third-order valence-corrected chi connectivity index (χ3v) is 15.9. The first-order valence-electron chi connectivity index (χ1n) is 33.3. The molecule has 0 heterocycles. The van der Waals surface area contributed by atoms with E-state index >= 15 is 0 Å². The van der Waals surface area contributed by atoms with E-state index in [1.165, 1.54) is 315 Å². The first kappa shape index (κ1) is 70.9. The molecule has 0 aliphatic rings. The van der Waals surface area contributed by atoms with Gasteiger partial charge in [-0.25, -0.2) is 0 Å². The molecule has 6 nitrogen and oxygen atoms in total. The number of ether oxygens (including phenoxy) is 1. The Morgan fingerprint density at radius 3 is 0.847 bits per heavy atom. The molecular formula is C66H131NO5. The lowest BCUT2D eigenvalue weighted by molar-refractivity contribution is -0.143. The van der Waals surface area contributed by atoms with Gasteiger partial charge in [-0.05, 0) is 25.7 Å². The van der Waals surface area contributed by atoms with Crippen LogP contribution in [0.4, 0.5) is 0 Å². The molecule has 2 atom stereocenters. The second kappa shape index (κ2) is 62.4. The molecule has 3 N–H and O–H groups in total. The highest BCUT2D eigenvalue weighted by molar-refractivity contribution is 5.76. The Kier molecular flexibility index (Phi) is 61.4. The van der Waals surface area contributed by atoms with Crippen molar-refractivity contribution < 1.29 is 24.5 Å². The Morgan fingerprint density at radius 2 is 0.569 bits per heavy atom. The van der Waals surface area contributed by atoms with E-state index in [4.69, 9.17) is 4.74 Å². The summed E-state index contributed by atoms with van der Waals surface area (Å²) in [7, 11) is 0. The van der Waals surface area contributed by atoms with Crippen molar-refractivity contribution in [2.24, 2.45) is 0 Å². The van der Waals surface area contributed by atoms with Crippen LogP contribution in [0.1, 0.15) is 386 Å². The van der Waals surface area contributed by atoms with Gasteiger partial charge in [-0.2, -0.15) is 0 Å². The predicted molar refractivity (Wildman–Crippen MR) is 315 cm³/mol. The van der Waals surface area contributed by atoms with Crippen LogP contribution in [0.15, 0.2) is 0 Å². The Labute approximate surface area is 451 Å². The normalized spacial score (nSPS) is 12.4. The molecule has 0 saturated heterocycles. The number of unbranched alkanes of at least 4 members (excludes halogenated alkanes) is 52. The van der Waals surface area contributed by atoms with E-state index in [0.717, 1.165) is 38.5 Å². The second-order valence-corrected chi connectivity index (χ2v) is 23.2. The highest BCUT2D eigenvalue weighted by Gasteiger charge is 2.20. The monoisotopic (exact) mass is 1020 g/mol. The highest BCUT2D eigenvalue weighted by atomic mass is 16.5. The van der Waals surface area contributed by atoms with Crippen molar-refractivity contribution in [1.29, 1.82) is 0 Å². The van der Waals surface area contributed by atoms with E-state index in [0.29, 0.717) is 25.9 Å². The van der Waals surface area contributed by atoms with Crippen molar-refractivity contribution >= 4 is 11.9 Å². The average Bonchev–Trinajstić information content (AvgIpc) is 3.38. The largest absolute Gasteiger partial charge is 0.466 e. The zero-order chi connectivity index (χ0) is 52.2. The van der Waals surface area contributed by atoms with Gasteiger partial charge in [0.25, 0.3) is 0 Å². The molecule has 0 spiro atoms. The predicted octanol–water partition coefficient (Wildman–Crippen LogP) is 21.0. The number of nitrogens with one attached hydrogen (secondary N) is 1. The third-order valence-electron chi connectivity index (χ3n) is 15.9. The molecule has 0 rings (SSSR count). The number of carbonyl (C=O) groups excluding carboxylic acids is 2. The SMILES string of the molecule is CCCCCCCCCCCCCCCCCC(=O)OCCCCCCCCCCCCCCCCCCCCCCCCCCCC(=O)NC(CO)C(O)CCCCCCCCCCCCCCCCC. The van der Waals surface area contributed by atoms with Crippen LogP contribution in [-0.2, 0) is 14.3 Å². The molecule has 2 unspecified atom stereocenters. The summed E-state index contributed by atoms with van der Waals surface area (Å²) in [5.74, 6) is -0.00928. The van der Waals surface area contributed by atoms with Crippen molar-refractivity contribution in [1.82, 2.24) is 5.32 Å². The van der Waals surface area contributed by atoms with Crippen molar-refractivity contribution in [3.8, 4) is 0 Å². The maximum absolute atomic E-state index is 12.5. The number of hydrogen-bond donors (Lipinski definition) is 3. The summed E-state index contributed by atoms with van der Waals surface area (Å²) in [5, 5.41) is 23.3. The van der Waals surface area contributed by atoms with Gasteiger partial charge < -0.3 is 20.3 Å².